The van der Waals surface area contributed by atoms with Crippen molar-refractivity contribution in [2.24, 2.45) is 0 Å². The normalized spacial score (nSPS) is 10.7. The first kappa shape index (κ1) is 14.6. The van der Waals surface area contributed by atoms with Crippen LogP contribution in [-0.4, -0.2) is 5.11 Å². The molecule has 0 unspecified atom stereocenters. The summed E-state index contributed by atoms with van der Waals surface area (Å²) in [5.74, 6) is 0.473. The largest absolute Gasteiger partial charge is 0.507 e. The molecule has 0 saturated heterocycles. The van der Waals surface area contributed by atoms with E-state index in [4.69, 9.17) is 0 Å². The SMILES string of the molecule is CCCCCCc1cc(-c2ccccc2)cc(C)c1O. The molecule has 1 N–H and O–H groups in total. The molecular formula is C19H24O. The second-order valence-corrected chi connectivity index (χ2v) is 5.48. The predicted octanol–water partition coefficient (Wildman–Crippen LogP) is 5.49. The van der Waals surface area contributed by atoms with Crippen molar-refractivity contribution in [1.82, 2.24) is 0 Å². The van der Waals surface area contributed by atoms with E-state index in [0.29, 0.717) is 5.75 Å². The average Bonchev–Trinajstić information content (AvgIpc) is 2.48. The Kier molecular flexibility index (Phi) is 5.23. The topological polar surface area (TPSA) is 20.2 Å². The van der Waals surface area contributed by atoms with Crippen LogP contribution in [0.25, 0.3) is 11.1 Å². The number of unbranched alkanes of at least 4 members (excludes halogenated alkanes) is 3. The van der Waals surface area contributed by atoms with Crippen molar-refractivity contribution in [1.29, 1.82) is 0 Å². The minimum absolute atomic E-state index is 0.473. The van der Waals surface area contributed by atoms with Gasteiger partial charge in [-0.2, -0.15) is 0 Å². The number of phenolic OH excluding ortho intramolecular Hbond substituents is 1. The maximum Gasteiger partial charge on any atom is 0.121 e. The zero-order valence-corrected chi connectivity index (χ0v) is 12.5. The highest BCUT2D eigenvalue weighted by Crippen LogP contribution is 2.30. The Hall–Kier alpha value is -1.76. The van der Waals surface area contributed by atoms with Crippen LogP contribution in [0.3, 0.4) is 0 Å². The maximum atomic E-state index is 10.2. The number of aryl methyl sites for hydroxylation is 2. The fourth-order valence-corrected chi connectivity index (χ4v) is 2.58. The van der Waals surface area contributed by atoms with Gasteiger partial charge in [-0.15, -0.1) is 0 Å². The van der Waals surface area contributed by atoms with Crippen molar-refractivity contribution in [3.8, 4) is 16.9 Å². The molecule has 0 spiro atoms. The summed E-state index contributed by atoms with van der Waals surface area (Å²) in [4.78, 5) is 0. The van der Waals surface area contributed by atoms with Gasteiger partial charge in [0, 0.05) is 0 Å². The lowest BCUT2D eigenvalue weighted by molar-refractivity contribution is 0.462. The van der Waals surface area contributed by atoms with Gasteiger partial charge < -0.3 is 5.11 Å². The Labute approximate surface area is 122 Å². The van der Waals surface area contributed by atoms with Crippen LogP contribution < -0.4 is 0 Å². The molecule has 0 saturated carbocycles. The molecule has 0 aromatic heterocycles. The van der Waals surface area contributed by atoms with E-state index >= 15 is 0 Å². The first-order chi connectivity index (χ1) is 9.72. The van der Waals surface area contributed by atoms with E-state index in [1.54, 1.807) is 0 Å². The minimum atomic E-state index is 0.473. The van der Waals surface area contributed by atoms with Crippen molar-refractivity contribution in [3.63, 3.8) is 0 Å². The molecule has 0 amide bonds. The Morgan fingerprint density at radius 2 is 1.65 bits per heavy atom. The fraction of sp³-hybridized carbons (Fsp3) is 0.368. The van der Waals surface area contributed by atoms with E-state index in [9.17, 15) is 5.11 Å². The molecule has 0 fully saturated rings. The van der Waals surface area contributed by atoms with E-state index < -0.39 is 0 Å². The first-order valence-electron chi connectivity index (χ1n) is 7.60. The smallest absolute Gasteiger partial charge is 0.121 e. The zero-order valence-electron chi connectivity index (χ0n) is 12.5. The van der Waals surface area contributed by atoms with Crippen LogP contribution in [0.15, 0.2) is 42.5 Å². The van der Waals surface area contributed by atoms with Gasteiger partial charge in [0.25, 0.3) is 0 Å². The highest BCUT2D eigenvalue weighted by atomic mass is 16.3. The molecule has 0 heterocycles. The lowest BCUT2D eigenvalue weighted by Crippen LogP contribution is -1.91. The van der Waals surface area contributed by atoms with Gasteiger partial charge in [-0.25, -0.2) is 0 Å². The van der Waals surface area contributed by atoms with Gasteiger partial charge in [0.05, 0.1) is 0 Å². The lowest BCUT2D eigenvalue weighted by Gasteiger charge is -2.11. The highest BCUT2D eigenvalue weighted by molar-refractivity contribution is 5.67. The lowest BCUT2D eigenvalue weighted by atomic mass is 9.96. The van der Waals surface area contributed by atoms with Gasteiger partial charge in [-0.05, 0) is 54.2 Å². The molecule has 0 aliphatic heterocycles. The van der Waals surface area contributed by atoms with Crippen molar-refractivity contribution in [3.05, 3.63) is 53.6 Å². The molecule has 0 aliphatic rings. The number of aromatic hydroxyl groups is 1. The molecule has 106 valence electrons. The third kappa shape index (κ3) is 3.63. The van der Waals surface area contributed by atoms with Crippen LogP contribution in [0.5, 0.6) is 5.75 Å². The van der Waals surface area contributed by atoms with E-state index in [0.717, 1.165) is 24.0 Å². The van der Waals surface area contributed by atoms with Gasteiger partial charge >= 0.3 is 0 Å². The average molecular weight is 268 g/mol. The van der Waals surface area contributed by atoms with Crippen LogP contribution in [0.4, 0.5) is 0 Å². The highest BCUT2D eigenvalue weighted by Gasteiger charge is 2.08. The van der Waals surface area contributed by atoms with Crippen LogP contribution >= 0.6 is 0 Å². The molecule has 0 radical (unpaired) electrons. The summed E-state index contributed by atoms with van der Waals surface area (Å²) < 4.78 is 0. The zero-order chi connectivity index (χ0) is 14.4. The molecule has 0 atom stereocenters. The minimum Gasteiger partial charge on any atom is -0.507 e. The van der Waals surface area contributed by atoms with Crippen molar-refractivity contribution >= 4 is 0 Å². The quantitative estimate of drug-likeness (QED) is 0.687. The van der Waals surface area contributed by atoms with E-state index in [2.05, 4.69) is 43.3 Å². The Morgan fingerprint density at radius 3 is 2.35 bits per heavy atom. The fourth-order valence-electron chi connectivity index (χ4n) is 2.58. The second-order valence-electron chi connectivity index (χ2n) is 5.48. The molecule has 2 aromatic carbocycles. The van der Waals surface area contributed by atoms with Gasteiger partial charge in [0.15, 0.2) is 0 Å². The maximum absolute atomic E-state index is 10.2. The number of benzene rings is 2. The number of rotatable bonds is 6. The summed E-state index contributed by atoms with van der Waals surface area (Å²) in [5, 5.41) is 10.2. The third-order valence-electron chi connectivity index (χ3n) is 3.79. The van der Waals surface area contributed by atoms with Crippen LogP contribution in [0, 0.1) is 6.92 Å². The molecule has 1 nitrogen and oxygen atoms in total. The summed E-state index contributed by atoms with van der Waals surface area (Å²) in [6.07, 6.45) is 5.88. The van der Waals surface area contributed by atoms with Gasteiger partial charge in [0.2, 0.25) is 0 Å². The van der Waals surface area contributed by atoms with Crippen LogP contribution in [0.2, 0.25) is 0 Å². The van der Waals surface area contributed by atoms with Crippen molar-refractivity contribution < 1.29 is 5.11 Å². The third-order valence-corrected chi connectivity index (χ3v) is 3.79. The molecule has 0 bridgehead atoms. The van der Waals surface area contributed by atoms with Gasteiger partial charge in [0.1, 0.15) is 5.75 Å². The van der Waals surface area contributed by atoms with Crippen molar-refractivity contribution in [2.75, 3.05) is 0 Å². The molecule has 2 rings (SSSR count). The first-order valence-corrected chi connectivity index (χ1v) is 7.60. The van der Waals surface area contributed by atoms with Gasteiger partial charge in [-0.1, -0.05) is 56.5 Å². The summed E-state index contributed by atoms with van der Waals surface area (Å²) in [6, 6.07) is 14.6. The van der Waals surface area contributed by atoms with Crippen LogP contribution in [-0.2, 0) is 6.42 Å². The molecular weight excluding hydrogens is 244 g/mol. The van der Waals surface area contributed by atoms with Crippen molar-refractivity contribution in [2.45, 2.75) is 46.0 Å². The molecule has 2 aromatic rings. The molecule has 20 heavy (non-hydrogen) atoms. The monoisotopic (exact) mass is 268 g/mol. The Balaban J connectivity index is 2.21. The number of hydrogen-bond donors (Lipinski definition) is 1. The Bertz CT molecular complexity index is 543. The summed E-state index contributed by atoms with van der Waals surface area (Å²) in [7, 11) is 0. The Morgan fingerprint density at radius 1 is 0.900 bits per heavy atom. The van der Waals surface area contributed by atoms with Crippen LogP contribution in [0.1, 0.15) is 43.7 Å². The predicted molar refractivity (Wildman–Crippen MR) is 86.1 cm³/mol. The summed E-state index contributed by atoms with van der Waals surface area (Å²) in [5.41, 5.74) is 4.47. The van der Waals surface area contributed by atoms with Gasteiger partial charge in [-0.3, -0.25) is 0 Å². The summed E-state index contributed by atoms with van der Waals surface area (Å²) in [6.45, 7) is 4.20. The molecule has 0 aliphatic carbocycles. The number of phenols is 1. The molecule has 1 heteroatoms. The van der Waals surface area contributed by atoms with E-state index in [-0.39, 0.29) is 0 Å². The number of hydrogen-bond acceptors (Lipinski definition) is 1. The second kappa shape index (κ2) is 7.14. The van der Waals surface area contributed by atoms with E-state index in [1.165, 1.54) is 30.4 Å². The van der Waals surface area contributed by atoms with E-state index in [1.807, 2.05) is 13.0 Å². The standard InChI is InChI=1S/C19H24O/c1-3-4-5-7-12-17-14-18(13-15(2)19(17)20)16-10-8-6-9-11-16/h6,8-11,13-14,20H,3-5,7,12H2,1-2H3. The summed E-state index contributed by atoms with van der Waals surface area (Å²) >= 11 is 0.